The number of nitrogens with one attached hydrogen (secondary N) is 2. The molecule has 3 aromatic carbocycles. The van der Waals surface area contributed by atoms with Crippen LogP contribution in [0.15, 0.2) is 104 Å². The fourth-order valence-electron chi connectivity index (χ4n) is 9.61. The first kappa shape index (κ1) is 49.3. The Morgan fingerprint density at radius 1 is 0.900 bits per heavy atom. The summed E-state index contributed by atoms with van der Waals surface area (Å²) in [5, 5.41) is 6.28. The molecule has 2 aliphatic rings. The second-order valence-electron chi connectivity index (χ2n) is 18.3. The van der Waals surface area contributed by atoms with Gasteiger partial charge in [-0.3, -0.25) is 23.9 Å². The van der Waals surface area contributed by atoms with Gasteiger partial charge in [0.05, 0.1) is 17.1 Å². The van der Waals surface area contributed by atoms with Gasteiger partial charge in [0.15, 0.2) is 5.65 Å². The first-order chi connectivity index (χ1) is 34.0. The average Bonchev–Trinajstić information content (AvgIpc) is 3.71. The van der Waals surface area contributed by atoms with Crippen LogP contribution in [0, 0.1) is 19.7 Å². The maximum atomic E-state index is 15.9. The SMILES string of the molecule is C=CCCC(C(=O)NC)N(C=O)Cc1c(C)cccc1NCc1ccc(CN2CCN(CCCC(=O)N3CCN(c4ccc(-n5c(C)nc6ccc(-c7ccnc(N)c7)nc65)cc4F)CC3)CC2)cc1. The highest BCUT2D eigenvalue weighted by Crippen LogP contribution is 2.29. The highest BCUT2D eigenvalue weighted by atomic mass is 19.1. The van der Waals surface area contributed by atoms with Crippen molar-refractivity contribution in [3.05, 3.63) is 138 Å². The second kappa shape index (κ2) is 23.0. The summed E-state index contributed by atoms with van der Waals surface area (Å²) >= 11 is 0. The van der Waals surface area contributed by atoms with E-state index in [1.807, 2.05) is 76.7 Å². The molecule has 0 spiro atoms. The number of nitrogen functional groups attached to an aromatic ring is 1. The molecule has 1 unspecified atom stereocenters. The van der Waals surface area contributed by atoms with Crippen molar-refractivity contribution in [2.45, 2.75) is 65.2 Å². The monoisotopic (exact) mass is 949 g/mol. The largest absolute Gasteiger partial charge is 0.384 e. The first-order valence-corrected chi connectivity index (χ1v) is 24.3. The predicted molar refractivity (Wildman–Crippen MR) is 275 cm³/mol. The van der Waals surface area contributed by atoms with E-state index >= 15 is 4.39 Å². The van der Waals surface area contributed by atoms with E-state index in [4.69, 9.17) is 10.7 Å². The Morgan fingerprint density at radius 2 is 1.66 bits per heavy atom. The molecule has 0 saturated carbocycles. The van der Waals surface area contributed by atoms with Crippen LogP contribution in [0.3, 0.4) is 0 Å². The van der Waals surface area contributed by atoms with Crippen molar-refractivity contribution in [2.75, 3.05) is 81.9 Å². The van der Waals surface area contributed by atoms with E-state index in [2.05, 4.69) is 61.2 Å². The third kappa shape index (κ3) is 11.8. The number of anilines is 3. The molecule has 16 heteroatoms. The molecule has 1 atom stereocenters. The van der Waals surface area contributed by atoms with Gasteiger partial charge in [0.2, 0.25) is 18.2 Å². The summed E-state index contributed by atoms with van der Waals surface area (Å²) in [6, 6.07) is 26.9. The molecule has 2 saturated heterocycles. The smallest absolute Gasteiger partial charge is 0.242 e. The van der Waals surface area contributed by atoms with Crippen molar-refractivity contribution in [3.8, 4) is 16.9 Å². The number of likely N-dealkylation sites (N-methyl/N-ethyl adjacent to an activating group) is 1. The molecule has 3 aromatic heterocycles. The standard InChI is InChI=1S/C54H65FN12O3/c1-5-6-11-50(54(70)57-4)66(37-68)36-44-38(2)9-7-10-47(44)59-34-40-13-15-41(16-14-40)35-63-26-24-62(25-27-63)23-8-12-52(69)65-30-28-64(29-31-65)49-20-17-43(33-45(49)55)67-39(3)60-48-19-18-46(61-53(48)67)42-21-22-58-51(56)32-42/h5,7,9-10,13-22,32-33,37,50,59H,1,6,8,11-12,23-31,34-36H2,2-4H3,(H2,56,58)(H,57,70). The van der Waals surface area contributed by atoms with Crippen molar-refractivity contribution in [3.63, 3.8) is 0 Å². The summed E-state index contributed by atoms with van der Waals surface area (Å²) in [5.41, 5.74) is 15.4. The van der Waals surface area contributed by atoms with E-state index in [1.54, 1.807) is 30.3 Å². The third-order valence-electron chi connectivity index (χ3n) is 13.6. The fraction of sp³-hybridized carbons (Fsp3) is 0.370. The number of fused-ring (bicyclic) bond motifs is 1. The molecule has 366 valence electrons. The van der Waals surface area contributed by atoms with Crippen molar-refractivity contribution in [1.82, 2.24) is 44.4 Å². The highest BCUT2D eigenvalue weighted by molar-refractivity contribution is 5.83. The van der Waals surface area contributed by atoms with Gasteiger partial charge < -0.3 is 36.0 Å². The highest BCUT2D eigenvalue weighted by Gasteiger charge is 2.26. The van der Waals surface area contributed by atoms with E-state index in [1.165, 1.54) is 11.6 Å². The minimum atomic E-state index is -0.580. The third-order valence-corrected chi connectivity index (χ3v) is 13.6. The van der Waals surface area contributed by atoms with Crippen LogP contribution in [0.1, 0.15) is 53.8 Å². The number of piperazine rings is 2. The number of nitrogens with zero attached hydrogens (tertiary/aromatic N) is 9. The number of aromatic nitrogens is 4. The maximum Gasteiger partial charge on any atom is 0.242 e. The molecular weight excluding hydrogens is 884 g/mol. The Kier molecular flexibility index (Phi) is 16.2. The molecule has 5 heterocycles. The molecule has 0 bridgehead atoms. The van der Waals surface area contributed by atoms with Gasteiger partial charge in [-0.1, -0.05) is 42.5 Å². The lowest BCUT2D eigenvalue weighted by Gasteiger charge is -2.37. The lowest BCUT2D eigenvalue weighted by molar-refractivity contribution is -0.133. The molecule has 2 aliphatic heterocycles. The number of hydrogen-bond acceptors (Lipinski definition) is 11. The van der Waals surface area contributed by atoms with Gasteiger partial charge >= 0.3 is 0 Å². The zero-order valence-electron chi connectivity index (χ0n) is 40.6. The van der Waals surface area contributed by atoms with Gasteiger partial charge in [0.1, 0.15) is 29.0 Å². The summed E-state index contributed by atoms with van der Waals surface area (Å²) in [6.45, 7) is 16.5. The zero-order valence-corrected chi connectivity index (χ0v) is 40.6. The normalized spacial score (nSPS) is 14.9. The fourth-order valence-corrected chi connectivity index (χ4v) is 9.61. The van der Waals surface area contributed by atoms with Gasteiger partial charge in [-0.05, 0) is 104 Å². The minimum Gasteiger partial charge on any atom is -0.384 e. The van der Waals surface area contributed by atoms with E-state index in [-0.39, 0.29) is 17.6 Å². The van der Waals surface area contributed by atoms with Crippen molar-refractivity contribution >= 4 is 46.6 Å². The topological polar surface area (TPSA) is 161 Å². The van der Waals surface area contributed by atoms with Crippen LogP contribution in [0.4, 0.5) is 21.6 Å². The van der Waals surface area contributed by atoms with E-state index < -0.39 is 6.04 Å². The molecule has 4 N–H and O–H groups in total. The number of rotatable bonds is 20. The number of carbonyl (C=O) groups excluding carboxylic acids is 3. The molecule has 8 rings (SSSR count). The van der Waals surface area contributed by atoms with E-state index in [9.17, 15) is 14.4 Å². The number of halogens is 1. The number of nitrogens with two attached hydrogens (primary N) is 1. The Bertz CT molecular complexity index is 2780. The average molecular weight is 949 g/mol. The number of benzene rings is 3. The zero-order chi connectivity index (χ0) is 49.1. The first-order valence-electron chi connectivity index (χ1n) is 24.3. The number of carbonyl (C=O) groups is 3. The molecule has 3 amide bonds. The van der Waals surface area contributed by atoms with Gasteiger partial charge in [-0.2, -0.15) is 0 Å². The van der Waals surface area contributed by atoms with Gasteiger partial charge in [-0.25, -0.2) is 19.3 Å². The van der Waals surface area contributed by atoms with Crippen LogP contribution in [-0.4, -0.2) is 129 Å². The molecule has 0 radical (unpaired) electrons. The van der Waals surface area contributed by atoms with E-state index in [0.717, 1.165) is 85.7 Å². The Labute approximate surface area is 410 Å². The number of aryl methyl sites for hydroxylation is 2. The summed E-state index contributed by atoms with van der Waals surface area (Å²) in [5.74, 6) is 0.748. The Balaban J connectivity index is 0.751. The summed E-state index contributed by atoms with van der Waals surface area (Å²) in [7, 11) is 1.59. The lowest BCUT2D eigenvalue weighted by Crippen LogP contribution is -2.49. The maximum absolute atomic E-state index is 15.9. The lowest BCUT2D eigenvalue weighted by atomic mass is 10.0. The summed E-state index contributed by atoms with van der Waals surface area (Å²) in [6.07, 6.45) is 6.63. The second-order valence-corrected chi connectivity index (χ2v) is 18.3. The number of hydrogen-bond donors (Lipinski definition) is 3. The number of amides is 3. The number of imidazole rings is 1. The molecule has 0 aliphatic carbocycles. The number of pyridine rings is 2. The van der Waals surface area contributed by atoms with Crippen LogP contribution < -0.4 is 21.3 Å². The van der Waals surface area contributed by atoms with Crippen LogP contribution in [0.25, 0.3) is 28.1 Å². The van der Waals surface area contributed by atoms with Crippen molar-refractivity contribution in [2.24, 2.45) is 0 Å². The Hall–Kier alpha value is -7.17. The van der Waals surface area contributed by atoms with Crippen LogP contribution in [-0.2, 0) is 34.0 Å². The molecule has 6 aromatic rings. The van der Waals surface area contributed by atoms with Crippen LogP contribution in [0.2, 0.25) is 0 Å². The summed E-state index contributed by atoms with van der Waals surface area (Å²) in [4.78, 5) is 62.3. The van der Waals surface area contributed by atoms with Crippen molar-refractivity contribution < 1.29 is 18.8 Å². The molecule has 70 heavy (non-hydrogen) atoms. The summed E-state index contributed by atoms with van der Waals surface area (Å²) < 4.78 is 17.7. The molecule has 15 nitrogen and oxygen atoms in total. The van der Waals surface area contributed by atoms with Crippen LogP contribution in [0.5, 0.6) is 0 Å². The Morgan fingerprint density at radius 3 is 2.37 bits per heavy atom. The van der Waals surface area contributed by atoms with E-state index in [0.29, 0.717) is 92.7 Å². The van der Waals surface area contributed by atoms with Gasteiger partial charge in [0, 0.05) is 109 Å². The quantitative estimate of drug-likeness (QED) is 0.0551. The van der Waals surface area contributed by atoms with Crippen LogP contribution >= 0.6 is 0 Å². The molecular formula is C54H65FN12O3. The number of allylic oxidation sites excluding steroid dienone is 1. The van der Waals surface area contributed by atoms with Gasteiger partial charge in [0.25, 0.3) is 0 Å². The molecule has 2 fully saturated rings. The predicted octanol–water partition coefficient (Wildman–Crippen LogP) is 6.72. The van der Waals surface area contributed by atoms with Gasteiger partial charge in [-0.15, -0.1) is 6.58 Å². The minimum absolute atomic E-state index is 0.159. The van der Waals surface area contributed by atoms with Crippen molar-refractivity contribution in [1.29, 1.82) is 0 Å².